The van der Waals surface area contributed by atoms with Gasteiger partial charge in [0, 0.05) is 12.6 Å². The van der Waals surface area contributed by atoms with Crippen molar-refractivity contribution in [3.63, 3.8) is 0 Å². The number of morpholine rings is 1. The number of rotatable bonds is 1. The molecule has 1 N–H and O–H groups in total. The van der Waals surface area contributed by atoms with Crippen LogP contribution < -0.4 is 0 Å². The Balaban J connectivity index is 2.33. The third-order valence-electron chi connectivity index (χ3n) is 2.02. The van der Waals surface area contributed by atoms with E-state index in [-0.39, 0.29) is 12.7 Å². The van der Waals surface area contributed by atoms with Gasteiger partial charge in [0.2, 0.25) is 0 Å². The highest BCUT2D eigenvalue weighted by Gasteiger charge is 2.21. The number of hydrogen-bond donors (Lipinski definition) is 1. The van der Waals surface area contributed by atoms with Crippen molar-refractivity contribution < 1.29 is 9.84 Å². The van der Waals surface area contributed by atoms with Crippen molar-refractivity contribution in [2.24, 2.45) is 0 Å². The zero-order chi connectivity index (χ0) is 7.56. The van der Waals surface area contributed by atoms with E-state index in [1.807, 2.05) is 0 Å². The zero-order valence-corrected chi connectivity index (χ0v) is 6.58. The van der Waals surface area contributed by atoms with Crippen LogP contribution in [0.3, 0.4) is 0 Å². The van der Waals surface area contributed by atoms with Crippen molar-refractivity contribution in [1.29, 1.82) is 0 Å². The summed E-state index contributed by atoms with van der Waals surface area (Å²) in [4.78, 5) is 2.20. The van der Waals surface area contributed by atoms with Gasteiger partial charge in [-0.05, 0) is 14.0 Å². The monoisotopic (exact) mass is 145 g/mol. The molecule has 0 aromatic carbocycles. The predicted molar refractivity (Wildman–Crippen MR) is 38.9 cm³/mol. The molecule has 60 valence electrons. The maximum atomic E-state index is 8.74. The van der Waals surface area contributed by atoms with Gasteiger partial charge in [0.05, 0.1) is 19.3 Å². The van der Waals surface area contributed by atoms with E-state index in [0.29, 0.717) is 6.04 Å². The lowest BCUT2D eigenvalue weighted by molar-refractivity contribution is -0.0694. The van der Waals surface area contributed by atoms with Crippen molar-refractivity contribution in [3.05, 3.63) is 0 Å². The van der Waals surface area contributed by atoms with Crippen LogP contribution in [0.2, 0.25) is 0 Å². The molecule has 1 unspecified atom stereocenters. The fourth-order valence-corrected chi connectivity index (χ4v) is 1.07. The third kappa shape index (κ3) is 1.68. The lowest BCUT2D eigenvalue weighted by atomic mass is 10.2. The minimum absolute atomic E-state index is 0.0289. The van der Waals surface area contributed by atoms with Gasteiger partial charge in [0.25, 0.3) is 0 Å². The molecule has 0 bridgehead atoms. The Bertz CT molecular complexity index is 108. The normalized spacial score (nSPS) is 36.3. The number of aliphatic hydroxyl groups excluding tert-OH is 1. The lowest BCUT2D eigenvalue weighted by Crippen LogP contribution is -2.47. The van der Waals surface area contributed by atoms with Crippen molar-refractivity contribution in [1.82, 2.24) is 4.90 Å². The molecule has 0 saturated carbocycles. The van der Waals surface area contributed by atoms with Gasteiger partial charge < -0.3 is 9.84 Å². The quantitative estimate of drug-likeness (QED) is 0.550. The number of ether oxygens (including phenoxy) is 1. The third-order valence-corrected chi connectivity index (χ3v) is 2.02. The maximum absolute atomic E-state index is 8.74. The molecule has 10 heavy (non-hydrogen) atoms. The topological polar surface area (TPSA) is 32.7 Å². The second kappa shape index (κ2) is 3.32. The SMILES string of the molecule is C[C@H]1COC(CO)CN1C. The summed E-state index contributed by atoms with van der Waals surface area (Å²) < 4.78 is 5.32. The highest BCUT2D eigenvalue weighted by atomic mass is 16.5. The average molecular weight is 145 g/mol. The van der Waals surface area contributed by atoms with Gasteiger partial charge in [-0.25, -0.2) is 0 Å². The molecule has 3 nitrogen and oxygen atoms in total. The van der Waals surface area contributed by atoms with Crippen LogP contribution in [0.15, 0.2) is 0 Å². The molecule has 0 aromatic heterocycles. The number of aliphatic hydroxyl groups is 1. The van der Waals surface area contributed by atoms with Crippen LogP contribution in [0.25, 0.3) is 0 Å². The van der Waals surface area contributed by atoms with Crippen LogP contribution >= 0.6 is 0 Å². The van der Waals surface area contributed by atoms with Crippen molar-refractivity contribution in [2.75, 3.05) is 26.8 Å². The fraction of sp³-hybridized carbons (Fsp3) is 1.00. The highest BCUT2D eigenvalue weighted by Crippen LogP contribution is 2.07. The molecule has 0 amide bonds. The molecule has 1 aliphatic rings. The summed E-state index contributed by atoms with van der Waals surface area (Å²) in [6.07, 6.45) is 0.0289. The zero-order valence-electron chi connectivity index (χ0n) is 6.58. The van der Waals surface area contributed by atoms with Crippen LogP contribution in [0, 0.1) is 0 Å². The van der Waals surface area contributed by atoms with E-state index in [9.17, 15) is 0 Å². The highest BCUT2D eigenvalue weighted by molar-refractivity contribution is 4.73. The summed E-state index contributed by atoms with van der Waals surface area (Å²) >= 11 is 0. The van der Waals surface area contributed by atoms with E-state index < -0.39 is 0 Å². The Labute approximate surface area is 61.6 Å². The molecule has 3 heteroatoms. The molecule has 0 aliphatic carbocycles. The second-order valence-electron chi connectivity index (χ2n) is 2.93. The molecule has 0 radical (unpaired) electrons. The Kier molecular flexibility index (Phi) is 2.65. The Morgan fingerprint density at radius 2 is 2.40 bits per heavy atom. The van der Waals surface area contributed by atoms with Crippen LogP contribution in [-0.4, -0.2) is 49.0 Å². The fourth-order valence-electron chi connectivity index (χ4n) is 1.07. The molecule has 1 fully saturated rings. The minimum atomic E-state index is 0.0289. The van der Waals surface area contributed by atoms with Gasteiger partial charge in [-0.3, -0.25) is 4.90 Å². The Hall–Kier alpha value is -0.120. The van der Waals surface area contributed by atoms with E-state index in [1.165, 1.54) is 0 Å². The Morgan fingerprint density at radius 1 is 1.70 bits per heavy atom. The molecule has 0 spiro atoms. The number of nitrogens with zero attached hydrogens (tertiary/aromatic N) is 1. The first-order valence-electron chi connectivity index (χ1n) is 3.66. The molecule has 1 heterocycles. The van der Waals surface area contributed by atoms with E-state index >= 15 is 0 Å². The first-order valence-corrected chi connectivity index (χ1v) is 3.66. The average Bonchev–Trinajstić information content (AvgIpc) is 1.95. The van der Waals surface area contributed by atoms with Crippen molar-refractivity contribution >= 4 is 0 Å². The number of hydrogen-bond acceptors (Lipinski definition) is 3. The minimum Gasteiger partial charge on any atom is -0.394 e. The smallest absolute Gasteiger partial charge is 0.0933 e. The first kappa shape index (κ1) is 7.98. The summed E-state index contributed by atoms with van der Waals surface area (Å²) in [6.45, 7) is 3.84. The summed E-state index contributed by atoms with van der Waals surface area (Å²) in [7, 11) is 2.05. The molecular formula is C7H15NO2. The second-order valence-corrected chi connectivity index (χ2v) is 2.93. The van der Waals surface area contributed by atoms with Crippen LogP contribution in [0.4, 0.5) is 0 Å². The van der Waals surface area contributed by atoms with E-state index in [4.69, 9.17) is 9.84 Å². The van der Waals surface area contributed by atoms with Crippen molar-refractivity contribution in [3.8, 4) is 0 Å². The Morgan fingerprint density at radius 3 is 2.90 bits per heavy atom. The molecule has 1 aliphatic heterocycles. The summed E-state index contributed by atoms with van der Waals surface area (Å²) in [5.74, 6) is 0. The molecule has 1 rings (SSSR count). The summed E-state index contributed by atoms with van der Waals surface area (Å²) in [5, 5.41) is 8.74. The number of likely N-dealkylation sites (N-methyl/N-ethyl adjacent to an activating group) is 1. The molecule has 1 saturated heterocycles. The van der Waals surface area contributed by atoms with Gasteiger partial charge in [-0.2, -0.15) is 0 Å². The summed E-state index contributed by atoms with van der Waals surface area (Å²) in [6, 6.07) is 0.489. The largest absolute Gasteiger partial charge is 0.394 e. The standard InChI is InChI=1S/C7H15NO2/c1-6-5-10-7(4-9)3-8(6)2/h6-7,9H,3-5H2,1-2H3/t6-,7?/m0/s1. The first-order chi connectivity index (χ1) is 4.74. The van der Waals surface area contributed by atoms with Gasteiger partial charge in [-0.15, -0.1) is 0 Å². The van der Waals surface area contributed by atoms with Crippen molar-refractivity contribution in [2.45, 2.75) is 19.1 Å². The lowest BCUT2D eigenvalue weighted by Gasteiger charge is -2.34. The van der Waals surface area contributed by atoms with Gasteiger partial charge in [0.1, 0.15) is 0 Å². The van der Waals surface area contributed by atoms with Gasteiger partial charge in [-0.1, -0.05) is 0 Å². The van der Waals surface area contributed by atoms with Crippen LogP contribution in [0.1, 0.15) is 6.92 Å². The van der Waals surface area contributed by atoms with E-state index in [1.54, 1.807) is 0 Å². The van der Waals surface area contributed by atoms with Gasteiger partial charge >= 0.3 is 0 Å². The molecular weight excluding hydrogens is 130 g/mol. The molecule has 2 atom stereocenters. The summed E-state index contributed by atoms with van der Waals surface area (Å²) in [5.41, 5.74) is 0. The van der Waals surface area contributed by atoms with Crippen LogP contribution in [-0.2, 0) is 4.74 Å². The van der Waals surface area contributed by atoms with E-state index in [2.05, 4.69) is 18.9 Å². The van der Waals surface area contributed by atoms with Gasteiger partial charge in [0.15, 0.2) is 0 Å². The predicted octanol–water partition coefficient (Wildman–Crippen LogP) is -0.302. The molecule has 0 aromatic rings. The maximum Gasteiger partial charge on any atom is 0.0933 e. The van der Waals surface area contributed by atoms with E-state index in [0.717, 1.165) is 13.2 Å². The van der Waals surface area contributed by atoms with Crippen LogP contribution in [0.5, 0.6) is 0 Å².